The van der Waals surface area contributed by atoms with Crippen molar-refractivity contribution in [2.24, 2.45) is 0 Å². The third-order valence-corrected chi connectivity index (χ3v) is 5.59. The second-order valence-electron chi connectivity index (χ2n) is 8.05. The molecular weight excluding hydrogens is 469 g/mol. The zero-order valence-corrected chi connectivity index (χ0v) is 19.9. The van der Waals surface area contributed by atoms with Crippen molar-refractivity contribution in [3.8, 4) is 39.4 Å². The zero-order chi connectivity index (χ0) is 23.7. The van der Waals surface area contributed by atoms with Gasteiger partial charge in [-0.3, -0.25) is 14.3 Å². The lowest BCUT2D eigenvalue weighted by atomic mass is 10.0. The lowest BCUT2D eigenvalue weighted by molar-refractivity contribution is -0.130. The summed E-state index contributed by atoms with van der Waals surface area (Å²) >= 11 is 0. The number of aromatic nitrogens is 4. The van der Waals surface area contributed by atoms with Gasteiger partial charge in [-0.25, -0.2) is 9.37 Å². The van der Waals surface area contributed by atoms with Crippen LogP contribution in [0.25, 0.3) is 39.3 Å². The minimum Gasteiger partial charge on any atom is -0.484 e. The Kier molecular flexibility index (Phi) is 6.84. The molecule has 7 nitrogen and oxygen atoms in total. The van der Waals surface area contributed by atoms with Gasteiger partial charge in [0.2, 0.25) is 0 Å². The van der Waals surface area contributed by atoms with E-state index in [0.717, 1.165) is 39.3 Å². The van der Waals surface area contributed by atoms with Crippen molar-refractivity contribution in [3.05, 3.63) is 85.1 Å². The quantitative estimate of drug-likeness (QED) is 0.359. The second kappa shape index (κ2) is 9.99. The summed E-state index contributed by atoms with van der Waals surface area (Å²) in [4.78, 5) is 17.8. The Morgan fingerprint density at radius 1 is 1.00 bits per heavy atom. The number of nitrogens with one attached hydrogen (secondary N) is 1. The van der Waals surface area contributed by atoms with Crippen LogP contribution in [0.3, 0.4) is 0 Å². The van der Waals surface area contributed by atoms with Crippen LogP contribution >= 0.6 is 12.4 Å². The van der Waals surface area contributed by atoms with Crippen LogP contribution in [0.15, 0.2) is 79.3 Å². The van der Waals surface area contributed by atoms with Gasteiger partial charge in [0.05, 0.1) is 17.6 Å². The predicted molar refractivity (Wildman–Crippen MR) is 135 cm³/mol. The van der Waals surface area contributed by atoms with Crippen LogP contribution < -0.4 is 4.74 Å². The number of rotatable bonds is 6. The topological polar surface area (TPSA) is 75.5 Å². The number of amides is 1. The molecule has 35 heavy (non-hydrogen) atoms. The molecule has 0 spiro atoms. The highest BCUT2D eigenvalue weighted by molar-refractivity contribution is 5.85. The number of hydrogen-bond donors (Lipinski definition) is 1. The van der Waals surface area contributed by atoms with E-state index in [4.69, 9.17) is 4.74 Å². The van der Waals surface area contributed by atoms with E-state index in [1.54, 1.807) is 26.2 Å². The van der Waals surface area contributed by atoms with Crippen molar-refractivity contribution < 1.29 is 13.9 Å². The molecule has 178 valence electrons. The monoisotopic (exact) mass is 491 g/mol. The average Bonchev–Trinajstić information content (AvgIpc) is 3.50. The number of H-pyrrole nitrogens is 1. The summed E-state index contributed by atoms with van der Waals surface area (Å²) < 4.78 is 21.0. The number of fused-ring (bicyclic) bond motifs is 1. The molecule has 9 heteroatoms. The van der Waals surface area contributed by atoms with Gasteiger partial charge in [0.25, 0.3) is 5.91 Å². The third kappa shape index (κ3) is 4.88. The predicted octanol–water partition coefficient (Wildman–Crippen LogP) is 5.09. The summed E-state index contributed by atoms with van der Waals surface area (Å²) in [6.07, 6.45) is 5.66. The van der Waals surface area contributed by atoms with Crippen molar-refractivity contribution >= 4 is 24.0 Å². The maximum Gasteiger partial charge on any atom is 0.259 e. The van der Waals surface area contributed by atoms with Crippen LogP contribution in [0.4, 0.5) is 4.39 Å². The van der Waals surface area contributed by atoms with Crippen LogP contribution in [0.5, 0.6) is 5.75 Å². The Hall–Kier alpha value is -4.17. The normalized spacial score (nSPS) is 10.7. The first-order chi connectivity index (χ1) is 16.5. The number of hydrogen-bond acceptors (Lipinski definition) is 4. The molecule has 0 atom stereocenters. The molecule has 0 bridgehead atoms. The van der Waals surface area contributed by atoms with E-state index in [0.29, 0.717) is 5.75 Å². The van der Waals surface area contributed by atoms with E-state index in [9.17, 15) is 9.18 Å². The second-order valence-corrected chi connectivity index (χ2v) is 8.05. The first kappa shape index (κ1) is 24.0. The van der Waals surface area contributed by atoms with Crippen molar-refractivity contribution in [2.45, 2.75) is 0 Å². The summed E-state index contributed by atoms with van der Waals surface area (Å²) in [6.45, 7) is -0.00753. The molecule has 3 aromatic heterocycles. The molecule has 5 aromatic rings. The number of pyridine rings is 1. The van der Waals surface area contributed by atoms with Gasteiger partial charge in [-0.2, -0.15) is 5.10 Å². The van der Waals surface area contributed by atoms with Gasteiger partial charge in [-0.1, -0.05) is 0 Å². The maximum atomic E-state index is 13.4. The van der Waals surface area contributed by atoms with Crippen molar-refractivity contribution in [3.63, 3.8) is 0 Å². The number of carbonyl (C=O) groups is 1. The first-order valence-electron chi connectivity index (χ1n) is 10.7. The number of nitrogens with zero attached hydrogens (tertiary/aromatic N) is 4. The fourth-order valence-electron chi connectivity index (χ4n) is 3.69. The smallest absolute Gasteiger partial charge is 0.259 e. The third-order valence-electron chi connectivity index (χ3n) is 5.59. The zero-order valence-electron chi connectivity index (χ0n) is 19.1. The highest BCUT2D eigenvalue weighted by Crippen LogP contribution is 2.32. The molecule has 0 aliphatic rings. The fraction of sp³-hybridized carbons (Fsp3) is 0.115. The highest BCUT2D eigenvalue weighted by atomic mass is 35.5. The van der Waals surface area contributed by atoms with E-state index in [1.807, 2.05) is 59.4 Å². The lowest BCUT2D eigenvalue weighted by Gasteiger charge is -2.11. The largest absolute Gasteiger partial charge is 0.484 e. The number of benzene rings is 2. The number of imidazole rings is 1. The van der Waals surface area contributed by atoms with Crippen LogP contribution in [-0.2, 0) is 4.79 Å². The van der Waals surface area contributed by atoms with Crippen LogP contribution in [0.2, 0.25) is 0 Å². The molecule has 0 radical (unpaired) electrons. The van der Waals surface area contributed by atoms with Gasteiger partial charge in [0.15, 0.2) is 6.61 Å². The standard InChI is InChI=1S/C26H22FN5O2.ClH/c1-31(2)25(33)16-34-21-10-5-17(6-11-21)23-14-28-24-12-7-19(15-32(23)24)22-13-29-30-26(22)18-3-8-20(27)9-4-18;/h3-15H,16H2,1-2H3,(H,29,30);1H. The fourth-order valence-corrected chi connectivity index (χ4v) is 3.69. The van der Waals surface area contributed by atoms with Crippen LogP contribution in [0.1, 0.15) is 0 Å². The van der Waals surface area contributed by atoms with Crippen LogP contribution in [-0.4, -0.2) is 51.1 Å². The summed E-state index contributed by atoms with van der Waals surface area (Å²) in [6, 6.07) is 17.8. The van der Waals surface area contributed by atoms with Crippen molar-refractivity contribution in [1.29, 1.82) is 0 Å². The molecule has 0 fully saturated rings. The molecule has 0 saturated carbocycles. The highest BCUT2D eigenvalue weighted by Gasteiger charge is 2.14. The van der Waals surface area contributed by atoms with E-state index in [1.165, 1.54) is 17.0 Å². The van der Waals surface area contributed by atoms with Gasteiger partial charge in [-0.15, -0.1) is 12.4 Å². The van der Waals surface area contributed by atoms with Gasteiger partial charge >= 0.3 is 0 Å². The molecule has 2 aromatic carbocycles. The minimum absolute atomic E-state index is 0. The van der Waals surface area contributed by atoms with Gasteiger partial charge < -0.3 is 9.64 Å². The number of carbonyl (C=O) groups excluding carboxylic acids is 1. The average molecular weight is 492 g/mol. The lowest BCUT2D eigenvalue weighted by Crippen LogP contribution is -2.27. The number of halogens is 2. The summed E-state index contributed by atoms with van der Waals surface area (Å²) in [5.74, 6) is 0.236. The number of likely N-dealkylation sites (N-methyl/N-ethyl adjacent to an activating group) is 1. The molecule has 1 amide bonds. The molecule has 0 aliphatic heterocycles. The van der Waals surface area contributed by atoms with E-state index >= 15 is 0 Å². The Bertz CT molecular complexity index is 1460. The summed E-state index contributed by atoms with van der Waals surface area (Å²) in [5.41, 5.74) is 6.11. The van der Waals surface area contributed by atoms with E-state index in [-0.39, 0.29) is 30.7 Å². The van der Waals surface area contributed by atoms with E-state index < -0.39 is 0 Å². The number of aromatic amines is 1. The molecule has 1 N–H and O–H groups in total. The minimum atomic E-state index is -0.286. The van der Waals surface area contributed by atoms with Crippen molar-refractivity contribution in [2.75, 3.05) is 20.7 Å². The maximum absolute atomic E-state index is 13.4. The Balaban J connectivity index is 0.00000289. The molecule has 0 aliphatic carbocycles. The van der Waals surface area contributed by atoms with Gasteiger partial charge in [0.1, 0.15) is 17.2 Å². The Morgan fingerprint density at radius 3 is 2.40 bits per heavy atom. The van der Waals surface area contributed by atoms with Gasteiger partial charge in [0, 0.05) is 48.7 Å². The molecular formula is C26H23ClFN5O2. The van der Waals surface area contributed by atoms with E-state index in [2.05, 4.69) is 15.2 Å². The van der Waals surface area contributed by atoms with Crippen LogP contribution in [0, 0.1) is 5.82 Å². The summed E-state index contributed by atoms with van der Waals surface area (Å²) in [5, 5.41) is 7.30. The molecule has 0 unspecified atom stereocenters. The SMILES string of the molecule is CN(C)C(=O)COc1ccc(-c2cnc3ccc(-c4c[nH]nc4-c4ccc(F)cc4)cn23)cc1.Cl. The molecule has 0 saturated heterocycles. The van der Waals surface area contributed by atoms with Gasteiger partial charge in [-0.05, 0) is 60.7 Å². The molecule has 5 rings (SSSR count). The summed E-state index contributed by atoms with van der Waals surface area (Å²) in [7, 11) is 3.39. The molecule has 3 heterocycles. The first-order valence-corrected chi connectivity index (χ1v) is 10.7. The Morgan fingerprint density at radius 2 is 1.69 bits per heavy atom. The number of ether oxygens (including phenoxy) is 1. The Labute approximate surface area is 207 Å². The van der Waals surface area contributed by atoms with Crippen molar-refractivity contribution in [1.82, 2.24) is 24.5 Å².